The molecule has 1 aliphatic rings. The quantitative estimate of drug-likeness (QED) is 0.509. The summed E-state index contributed by atoms with van der Waals surface area (Å²) in [5.41, 5.74) is 1.07. The zero-order chi connectivity index (χ0) is 23.4. The van der Waals surface area contributed by atoms with Gasteiger partial charge in [-0.25, -0.2) is 17.8 Å². The van der Waals surface area contributed by atoms with E-state index in [2.05, 4.69) is 26.8 Å². The predicted octanol–water partition coefficient (Wildman–Crippen LogP) is 4.57. The second-order valence-electron chi connectivity index (χ2n) is 8.17. The van der Waals surface area contributed by atoms with Crippen molar-refractivity contribution < 1.29 is 17.6 Å². The Labute approximate surface area is 196 Å². The Morgan fingerprint density at radius 1 is 1.15 bits per heavy atom. The lowest BCUT2D eigenvalue weighted by Crippen LogP contribution is -2.32. The number of nitrogens with zero attached hydrogens (tertiary/aromatic N) is 2. The first-order valence-electron chi connectivity index (χ1n) is 10.7. The SMILES string of the molecule is CC1CCN(Cc2csc(NC(=O)c3ccc(S(=O)(=O)Nc4ccccc4F)cc3)n2)CC1. The number of hydrogen-bond acceptors (Lipinski definition) is 6. The molecule has 0 radical (unpaired) electrons. The number of amides is 1. The maximum absolute atomic E-state index is 13.8. The fourth-order valence-corrected chi connectivity index (χ4v) is 5.35. The smallest absolute Gasteiger partial charge is 0.261 e. The van der Waals surface area contributed by atoms with Crippen molar-refractivity contribution in [2.24, 2.45) is 5.92 Å². The van der Waals surface area contributed by atoms with Crippen LogP contribution in [0, 0.1) is 11.7 Å². The summed E-state index contributed by atoms with van der Waals surface area (Å²) < 4.78 is 41.0. The topological polar surface area (TPSA) is 91.4 Å². The largest absolute Gasteiger partial charge is 0.298 e. The molecule has 2 aromatic carbocycles. The molecule has 0 spiro atoms. The highest BCUT2D eigenvalue weighted by Gasteiger charge is 2.19. The zero-order valence-corrected chi connectivity index (χ0v) is 19.8. The minimum atomic E-state index is -3.99. The molecule has 174 valence electrons. The summed E-state index contributed by atoms with van der Waals surface area (Å²) in [7, 11) is -3.99. The molecular weight excluding hydrogens is 463 g/mol. The lowest BCUT2D eigenvalue weighted by atomic mass is 9.99. The Bertz CT molecular complexity index is 1220. The van der Waals surface area contributed by atoms with E-state index in [9.17, 15) is 17.6 Å². The van der Waals surface area contributed by atoms with Crippen molar-refractivity contribution in [1.29, 1.82) is 0 Å². The lowest BCUT2D eigenvalue weighted by Gasteiger charge is -2.29. The molecule has 1 aliphatic heterocycles. The van der Waals surface area contributed by atoms with Crippen molar-refractivity contribution in [2.75, 3.05) is 23.1 Å². The molecule has 1 amide bonds. The fourth-order valence-electron chi connectivity index (χ4n) is 3.59. The Morgan fingerprint density at radius 2 is 1.85 bits per heavy atom. The molecule has 1 fully saturated rings. The Kier molecular flexibility index (Phi) is 7.06. The first-order chi connectivity index (χ1) is 15.8. The van der Waals surface area contributed by atoms with E-state index in [0.29, 0.717) is 10.7 Å². The molecule has 0 unspecified atom stereocenters. The first-order valence-corrected chi connectivity index (χ1v) is 13.0. The summed E-state index contributed by atoms with van der Waals surface area (Å²) in [5, 5.41) is 5.20. The third-order valence-electron chi connectivity index (χ3n) is 5.58. The zero-order valence-electron chi connectivity index (χ0n) is 18.1. The van der Waals surface area contributed by atoms with Crippen molar-refractivity contribution in [2.45, 2.75) is 31.2 Å². The van der Waals surface area contributed by atoms with Crippen LogP contribution < -0.4 is 10.0 Å². The minimum Gasteiger partial charge on any atom is -0.298 e. The second kappa shape index (κ2) is 9.98. The van der Waals surface area contributed by atoms with Gasteiger partial charge in [-0.05, 0) is 68.2 Å². The van der Waals surface area contributed by atoms with E-state index in [4.69, 9.17) is 0 Å². The van der Waals surface area contributed by atoms with E-state index in [1.54, 1.807) is 0 Å². The number of carbonyl (C=O) groups is 1. The summed E-state index contributed by atoms with van der Waals surface area (Å²) in [6, 6.07) is 10.9. The predicted molar refractivity (Wildman–Crippen MR) is 127 cm³/mol. The average molecular weight is 489 g/mol. The maximum Gasteiger partial charge on any atom is 0.261 e. The number of rotatable bonds is 7. The number of likely N-dealkylation sites (tertiary alicyclic amines) is 1. The molecule has 7 nitrogen and oxygen atoms in total. The summed E-state index contributed by atoms with van der Waals surface area (Å²) in [6.07, 6.45) is 2.38. The third-order valence-corrected chi connectivity index (χ3v) is 7.77. The molecule has 4 rings (SSSR count). The minimum absolute atomic E-state index is 0.0744. The summed E-state index contributed by atoms with van der Waals surface area (Å²) in [5.74, 6) is -0.286. The van der Waals surface area contributed by atoms with Crippen LogP contribution in [-0.4, -0.2) is 37.3 Å². The number of sulfonamides is 1. The van der Waals surface area contributed by atoms with Gasteiger partial charge in [0.05, 0.1) is 16.3 Å². The molecule has 2 N–H and O–H groups in total. The van der Waals surface area contributed by atoms with Gasteiger partial charge in [0, 0.05) is 17.5 Å². The molecule has 0 bridgehead atoms. The van der Waals surface area contributed by atoms with Gasteiger partial charge in [0.2, 0.25) is 0 Å². The standard InChI is InChI=1S/C23H25FN4O3S2/c1-16-10-12-28(13-11-16)14-18-15-32-23(25-18)26-22(29)17-6-8-19(9-7-17)33(30,31)27-21-5-3-2-4-20(21)24/h2-9,15-16,27H,10-14H2,1H3,(H,25,26,29). The maximum atomic E-state index is 13.8. The number of nitrogens with one attached hydrogen (secondary N) is 2. The summed E-state index contributed by atoms with van der Waals surface area (Å²) in [6.45, 7) is 5.15. The Balaban J connectivity index is 1.37. The van der Waals surface area contributed by atoms with Gasteiger partial charge in [-0.3, -0.25) is 19.7 Å². The van der Waals surface area contributed by atoms with E-state index in [-0.39, 0.29) is 16.5 Å². The van der Waals surface area contributed by atoms with Gasteiger partial charge in [-0.1, -0.05) is 19.1 Å². The van der Waals surface area contributed by atoms with E-state index >= 15 is 0 Å². The highest BCUT2D eigenvalue weighted by molar-refractivity contribution is 7.92. The molecule has 10 heteroatoms. The second-order valence-corrected chi connectivity index (χ2v) is 10.7. The van der Waals surface area contributed by atoms with Crippen LogP contribution in [0.25, 0.3) is 0 Å². The van der Waals surface area contributed by atoms with Gasteiger partial charge in [-0.2, -0.15) is 0 Å². The van der Waals surface area contributed by atoms with Gasteiger partial charge >= 0.3 is 0 Å². The normalized spacial score (nSPS) is 15.3. The van der Waals surface area contributed by atoms with E-state index in [1.165, 1.54) is 72.7 Å². The van der Waals surface area contributed by atoms with Gasteiger partial charge < -0.3 is 0 Å². The number of benzene rings is 2. The number of para-hydroxylation sites is 1. The molecular formula is C23H25FN4O3S2. The van der Waals surface area contributed by atoms with Crippen molar-refractivity contribution in [1.82, 2.24) is 9.88 Å². The molecule has 0 aliphatic carbocycles. The first kappa shape index (κ1) is 23.3. The lowest BCUT2D eigenvalue weighted by molar-refractivity contribution is 0.102. The van der Waals surface area contributed by atoms with Crippen molar-refractivity contribution in [3.63, 3.8) is 0 Å². The summed E-state index contributed by atoms with van der Waals surface area (Å²) >= 11 is 1.36. The number of carbonyl (C=O) groups excluding carboxylic acids is 1. The Hall–Kier alpha value is -2.82. The molecule has 2 heterocycles. The van der Waals surface area contributed by atoms with Crippen LogP contribution in [0.1, 0.15) is 35.8 Å². The van der Waals surface area contributed by atoms with Crippen LogP contribution in [0.3, 0.4) is 0 Å². The van der Waals surface area contributed by atoms with Crippen LogP contribution in [0.15, 0.2) is 58.8 Å². The number of halogens is 1. The number of hydrogen-bond donors (Lipinski definition) is 2. The van der Waals surface area contributed by atoms with Gasteiger partial charge in [-0.15, -0.1) is 11.3 Å². The molecule has 3 aromatic rings. The van der Waals surface area contributed by atoms with E-state index in [1.807, 2.05) is 5.38 Å². The molecule has 33 heavy (non-hydrogen) atoms. The van der Waals surface area contributed by atoms with Crippen LogP contribution in [0.2, 0.25) is 0 Å². The molecule has 1 aromatic heterocycles. The van der Waals surface area contributed by atoms with E-state index < -0.39 is 15.8 Å². The van der Waals surface area contributed by atoms with Crippen LogP contribution in [0.5, 0.6) is 0 Å². The van der Waals surface area contributed by atoms with Crippen LogP contribution in [0.4, 0.5) is 15.2 Å². The number of aromatic nitrogens is 1. The molecule has 1 saturated heterocycles. The van der Waals surface area contributed by atoms with Crippen molar-refractivity contribution in [3.8, 4) is 0 Å². The summed E-state index contributed by atoms with van der Waals surface area (Å²) in [4.78, 5) is 19.4. The number of thiazole rings is 1. The molecule has 0 atom stereocenters. The number of anilines is 2. The number of piperidine rings is 1. The van der Waals surface area contributed by atoms with Crippen LogP contribution >= 0.6 is 11.3 Å². The van der Waals surface area contributed by atoms with Gasteiger partial charge in [0.15, 0.2) is 5.13 Å². The van der Waals surface area contributed by atoms with Crippen LogP contribution in [-0.2, 0) is 16.6 Å². The van der Waals surface area contributed by atoms with Crippen molar-refractivity contribution >= 4 is 38.1 Å². The monoisotopic (exact) mass is 488 g/mol. The highest BCUT2D eigenvalue weighted by Crippen LogP contribution is 2.22. The van der Waals surface area contributed by atoms with Gasteiger partial charge in [0.25, 0.3) is 15.9 Å². The van der Waals surface area contributed by atoms with Crippen molar-refractivity contribution in [3.05, 3.63) is 71.0 Å². The van der Waals surface area contributed by atoms with E-state index in [0.717, 1.165) is 31.2 Å². The Morgan fingerprint density at radius 3 is 2.55 bits per heavy atom. The average Bonchev–Trinajstić information content (AvgIpc) is 3.23. The molecule has 0 saturated carbocycles. The fraction of sp³-hybridized carbons (Fsp3) is 0.304. The highest BCUT2D eigenvalue weighted by atomic mass is 32.2. The van der Waals surface area contributed by atoms with Gasteiger partial charge in [0.1, 0.15) is 5.82 Å². The third kappa shape index (κ3) is 5.95.